The number of carboxylic acid groups (broad SMARTS) is 1. The number of carbonyl (C=O) groups is 1. The molecule has 1 aromatic rings. The molecule has 4 atom stereocenters. The van der Waals surface area contributed by atoms with Crippen molar-refractivity contribution in [3.63, 3.8) is 0 Å². The Morgan fingerprint density at radius 1 is 1.35 bits per heavy atom. The number of aliphatic hydroxyl groups is 3. The number of aliphatic hydroxyl groups excluding tert-OH is 3. The van der Waals surface area contributed by atoms with Crippen LogP contribution in [0.2, 0.25) is 0 Å². The lowest BCUT2D eigenvalue weighted by Gasteiger charge is -2.18. The van der Waals surface area contributed by atoms with Gasteiger partial charge in [0.2, 0.25) is 5.82 Å². The number of rotatable bonds is 3. The molecule has 0 radical (unpaired) electrons. The molecule has 1 aromatic heterocycles. The zero-order valence-electron chi connectivity index (χ0n) is 9.83. The van der Waals surface area contributed by atoms with E-state index in [1.807, 2.05) is 0 Å². The first-order valence-corrected chi connectivity index (χ1v) is 5.45. The quantitative estimate of drug-likeness (QED) is 0.374. The third kappa shape index (κ3) is 2.22. The highest BCUT2D eigenvalue weighted by Gasteiger charge is 2.45. The van der Waals surface area contributed by atoms with Crippen LogP contribution in [-0.4, -0.2) is 65.8 Å². The van der Waals surface area contributed by atoms with Gasteiger partial charge in [0.15, 0.2) is 6.23 Å². The Labute approximate surface area is 109 Å². The molecule has 110 valence electrons. The molecule has 2 heterocycles. The number of hydrogen-bond donors (Lipinski definition) is 5. The van der Waals surface area contributed by atoms with Gasteiger partial charge in [-0.2, -0.15) is 4.98 Å². The minimum Gasteiger partial charge on any atom is -0.475 e. The van der Waals surface area contributed by atoms with Crippen molar-refractivity contribution in [1.82, 2.24) is 14.5 Å². The Balaban J connectivity index is 2.56. The highest BCUT2D eigenvalue weighted by atomic mass is 16.6. The molecule has 1 saturated heterocycles. The maximum absolute atomic E-state index is 11.7. The van der Waals surface area contributed by atoms with Crippen LogP contribution in [0, 0.1) is 0 Å². The van der Waals surface area contributed by atoms with E-state index in [9.17, 15) is 24.6 Å². The van der Waals surface area contributed by atoms with E-state index < -0.39 is 54.3 Å². The third-order valence-corrected chi connectivity index (χ3v) is 2.83. The molecule has 1 fully saturated rings. The normalized spacial score (nSPS) is 29.6. The van der Waals surface area contributed by atoms with E-state index in [-0.39, 0.29) is 0 Å². The largest absolute Gasteiger partial charge is 0.475 e. The monoisotopic (exact) mass is 289 g/mol. The van der Waals surface area contributed by atoms with Crippen LogP contribution in [0.5, 0.6) is 0 Å². The van der Waals surface area contributed by atoms with Crippen LogP contribution in [0.25, 0.3) is 0 Å². The van der Waals surface area contributed by atoms with Crippen LogP contribution in [0.1, 0.15) is 16.8 Å². The average Bonchev–Trinajstić information content (AvgIpc) is 2.65. The maximum atomic E-state index is 11.7. The summed E-state index contributed by atoms with van der Waals surface area (Å²) in [5.41, 5.74) is -2.34. The van der Waals surface area contributed by atoms with Gasteiger partial charge >= 0.3 is 17.3 Å². The van der Waals surface area contributed by atoms with Crippen molar-refractivity contribution in [2.24, 2.45) is 0 Å². The minimum atomic E-state index is -1.69. The number of nitrogens with one attached hydrogen (secondary N) is 1. The number of carboxylic acids is 1. The first kappa shape index (κ1) is 14.3. The highest BCUT2D eigenvalue weighted by Crippen LogP contribution is 2.28. The summed E-state index contributed by atoms with van der Waals surface area (Å²) in [5, 5.41) is 37.2. The van der Waals surface area contributed by atoms with Crippen molar-refractivity contribution in [2.75, 3.05) is 6.61 Å². The number of aromatic carboxylic acids is 1. The zero-order chi connectivity index (χ0) is 15.0. The van der Waals surface area contributed by atoms with E-state index in [4.69, 9.17) is 14.9 Å². The van der Waals surface area contributed by atoms with Gasteiger partial charge in [-0.25, -0.2) is 19.0 Å². The molecule has 11 heteroatoms. The molecule has 0 amide bonds. The van der Waals surface area contributed by atoms with Gasteiger partial charge in [-0.1, -0.05) is 0 Å². The summed E-state index contributed by atoms with van der Waals surface area (Å²) in [5.74, 6) is -2.64. The van der Waals surface area contributed by atoms with Gasteiger partial charge in [0.05, 0.1) is 6.61 Å². The fourth-order valence-electron chi connectivity index (χ4n) is 1.91. The standard InChI is InChI=1S/C9H11N3O8/c13-1-2-3(14)4(15)6(20-2)12-5(7(16)17)10-8(18)11-9(12)19/h2-4,6,13-15H,1H2,(H,16,17)(H,11,18,19)/t2-,3-,4-,6-/m1/s1. The van der Waals surface area contributed by atoms with Crippen LogP contribution in [-0.2, 0) is 4.74 Å². The maximum Gasteiger partial charge on any atom is 0.372 e. The number of nitrogens with zero attached hydrogens (tertiary/aromatic N) is 2. The summed E-state index contributed by atoms with van der Waals surface area (Å²) in [4.78, 5) is 38.5. The number of aromatic nitrogens is 3. The van der Waals surface area contributed by atoms with Crippen LogP contribution in [0.3, 0.4) is 0 Å². The van der Waals surface area contributed by atoms with E-state index in [1.165, 1.54) is 0 Å². The van der Waals surface area contributed by atoms with Gasteiger partial charge in [-0.05, 0) is 0 Å². The second-order valence-corrected chi connectivity index (χ2v) is 4.07. The number of hydrogen-bond acceptors (Lipinski definition) is 8. The lowest BCUT2D eigenvalue weighted by molar-refractivity contribution is -0.0569. The lowest BCUT2D eigenvalue weighted by Crippen LogP contribution is -2.42. The smallest absolute Gasteiger partial charge is 0.372 e. The van der Waals surface area contributed by atoms with Crippen molar-refractivity contribution in [3.8, 4) is 0 Å². The fraction of sp³-hybridized carbons (Fsp3) is 0.556. The number of H-pyrrole nitrogens is 1. The van der Waals surface area contributed by atoms with Crippen molar-refractivity contribution in [3.05, 3.63) is 26.8 Å². The summed E-state index contributed by atoms with van der Waals surface area (Å²) < 4.78 is 5.42. The van der Waals surface area contributed by atoms with Crippen molar-refractivity contribution < 1.29 is 30.0 Å². The second kappa shape index (κ2) is 5.13. The Morgan fingerprint density at radius 2 is 2.00 bits per heavy atom. The average molecular weight is 289 g/mol. The fourth-order valence-corrected chi connectivity index (χ4v) is 1.91. The Bertz CT molecular complexity index is 637. The molecule has 0 spiro atoms. The lowest BCUT2D eigenvalue weighted by atomic mass is 10.1. The number of aromatic amines is 1. The zero-order valence-corrected chi connectivity index (χ0v) is 9.83. The Kier molecular flexibility index (Phi) is 3.67. The molecule has 2 rings (SSSR count). The second-order valence-electron chi connectivity index (χ2n) is 4.07. The van der Waals surface area contributed by atoms with Crippen molar-refractivity contribution in [1.29, 1.82) is 0 Å². The predicted octanol–water partition coefficient (Wildman–Crippen LogP) is -3.76. The summed E-state index contributed by atoms with van der Waals surface area (Å²) in [6, 6.07) is 0. The van der Waals surface area contributed by atoms with E-state index in [1.54, 1.807) is 4.98 Å². The SMILES string of the molecule is O=C(O)c1nc(=O)[nH]c(=O)n1[C@@H]1O[C@H](CO)[C@@H](O)[C@H]1O. The molecule has 0 aliphatic carbocycles. The predicted molar refractivity (Wildman–Crippen MR) is 59.1 cm³/mol. The van der Waals surface area contributed by atoms with Crippen molar-refractivity contribution >= 4 is 5.97 Å². The molecular weight excluding hydrogens is 278 g/mol. The highest BCUT2D eigenvalue weighted by molar-refractivity contribution is 5.83. The van der Waals surface area contributed by atoms with E-state index in [0.29, 0.717) is 4.57 Å². The van der Waals surface area contributed by atoms with Gasteiger partial charge in [-0.15, -0.1) is 0 Å². The summed E-state index contributed by atoms with van der Waals surface area (Å²) in [7, 11) is 0. The molecule has 0 unspecified atom stereocenters. The van der Waals surface area contributed by atoms with Crippen molar-refractivity contribution in [2.45, 2.75) is 24.5 Å². The molecule has 20 heavy (non-hydrogen) atoms. The van der Waals surface area contributed by atoms with Gasteiger partial charge in [0, 0.05) is 0 Å². The van der Waals surface area contributed by atoms with E-state index in [0.717, 1.165) is 0 Å². The van der Waals surface area contributed by atoms with Crippen LogP contribution in [0.4, 0.5) is 0 Å². The van der Waals surface area contributed by atoms with Gasteiger partial charge < -0.3 is 25.2 Å². The summed E-state index contributed by atoms with van der Waals surface area (Å²) >= 11 is 0. The minimum absolute atomic E-state index is 0.396. The van der Waals surface area contributed by atoms with Crippen LogP contribution in [0.15, 0.2) is 9.59 Å². The van der Waals surface area contributed by atoms with Gasteiger partial charge in [0.1, 0.15) is 18.3 Å². The molecule has 1 aliphatic rings. The third-order valence-electron chi connectivity index (χ3n) is 2.83. The number of ether oxygens (including phenoxy) is 1. The first-order valence-electron chi connectivity index (χ1n) is 5.45. The molecule has 0 saturated carbocycles. The Morgan fingerprint density at radius 3 is 2.50 bits per heavy atom. The molecule has 0 aromatic carbocycles. The molecule has 0 bridgehead atoms. The van der Waals surface area contributed by atoms with Gasteiger partial charge in [-0.3, -0.25) is 4.98 Å². The topological polar surface area (TPSA) is 175 Å². The van der Waals surface area contributed by atoms with E-state index in [2.05, 4.69) is 4.98 Å². The van der Waals surface area contributed by atoms with Gasteiger partial charge in [0.25, 0.3) is 0 Å². The van der Waals surface area contributed by atoms with Crippen LogP contribution >= 0.6 is 0 Å². The summed E-state index contributed by atoms with van der Waals surface area (Å²) in [6.45, 7) is -0.650. The summed E-state index contributed by atoms with van der Waals surface area (Å²) in [6.07, 6.45) is -5.98. The van der Waals surface area contributed by atoms with Crippen LogP contribution < -0.4 is 11.4 Å². The first-order chi connectivity index (χ1) is 9.36. The Hall–Kier alpha value is -2.08. The molecular formula is C9H11N3O8. The molecule has 11 nitrogen and oxygen atoms in total. The molecule has 5 N–H and O–H groups in total. The van der Waals surface area contributed by atoms with E-state index >= 15 is 0 Å². The molecule has 1 aliphatic heterocycles.